The highest BCUT2D eigenvalue weighted by Crippen LogP contribution is 2.25. The van der Waals surface area contributed by atoms with E-state index in [4.69, 9.17) is 27.9 Å². The van der Waals surface area contributed by atoms with E-state index in [2.05, 4.69) is 5.32 Å². The molecule has 0 bridgehead atoms. The number of amides is 3. The highest BCUT2D eigenvalue weighted by molar-refractivity contribution is 6.43. The Labute approximate surface area is 131 Å². The van der Waals surface area contributed by atoms with Gasteiger partial charge in [0.15, 0.2) is 6.61 Å². The van der Waals surface area contributed by atoms with Crippen molar-refractivity contribution in [3.8, 4) is 0 Å². The van der Waals surface area contributed by atoms with Gasteiger partial charge in [0.25, 0.3) is 5.91 Å². The molecule has 114 valence electrons. The minimum atomic E-state index is -0.799. The number of nitrogens with one attached hydrogen (secondary N) is 2. The molecule has 1 rings (SSSR count). The van der Waals surface area contributed by atoms with Crippen molar-refractivity contribution in [2.24, 2.45) is 0 Å². The Morgan fingerprint density at radius 1 is 1.24 bits per heavy atom. The average molecular weight is 333 g/mol. The first-order chi connectivity index (χ1) is 9.95. The molecule has 0 aromatic heterocycles. The second-order valence-electron chi connectivity index (χ2n) is 3.98. The summed E-state index contributed by atoms with van der Waals surface area (Å²) in [5, 5.41) is 4.72. The topological polar surface area (TPSA) is 84.5 Å². The van der Waals surface area contributed by atoms with E-state index in [1.807, 2.05) is 12.2 Å². The van der Waals surface area contributed by atoms with Gasteiger partial charge in [0.2, 0.25) is 0 Å². The third-order valence-electron chi connectivity index (χ3n) is 2.29. The molecule has 8 heteroatoms. The van der Waals surface area contributed by atoms with Gasteiger partial charge in [-0.1, -0.05) is 36.2 Å². The molecule has 1 aromatic carbocycles. The van der Waals surface area contributed by atoms with Crippen LogP contribution in [0.4, 0.5) is 4.79 Å². The van der Waals surface area contributed by atoms with E-state index in [0.717, 1.165) is 6.42 Å². The van der Waals surface area contributed by atoms with Crippen molar-refractivity contribution in [1.82, 2.24) is 10.6 Å². The van der Waals surface area contributed by atoms with E-state index in [1.54, 1.807) is 0 Å². The van der Waals surface area contributed by atoms with Gasteiger partial charge in [-0.15, -0.1) is 0 Å². The number of carbonyl (C=O) groups is 3. The van der Waals surface area contributed by atoms with E-state index in [1.165, 1.54) is 18.2 Å². The van der Waals surface area contributed by atoms with E-state index < -0.39 is 24.5 Å². The van der Waals surface area contributed by atoms with E-state index >= 15 is 0 Å². The minimum Gasteiger partial charge on any atom is -0.452 e. The molecule has 0 aliphatic rings. The van der Waals surface area contributed by atoms with Crippen LogP contribution in [0.5, 0.6) is 0 Å². The highest BCUT2D eigenvalue weighted by Gasteiger charge is 2.16. The maximum Gasteiger partial charge on any atom is 0.340 e. The van der Waals surface area contributed by atoms with Crippen LogP contribution in [0.1, 0.15) is 23.7 Å². The Morgan fingerprint density at radius 3 is 2.62 bits per heavy atom. The van der Waals surface area contributed by atoms with Gasteiger partial charge in [-0.05, 0) is 18.6 Å². The first-order valence-corrected chi connectivity index (χ1v) is 6.90. The van der Waals surface area contributed by atoms with Gasteiger partial charge in [-0.25, -0.2) is 9.59 Å². The van der Waals surface area contributed by atoms with Crippen LogP contribution in [0.25, 0.3) is 0 Å². The SMILES string of the molecule is CCCNC(=O)NC(=O)COC(=O)c1cccc(Cl)c1Cl. The van der Waals surface area contributed by atoms with Gasteiger partial charge in [-0.3, -0.25) is 10.1 Å². The molecule has 0 heterocycles. The molecule has 0 atom stereocenters. The first kappa shape index (κ1) is 17.3. The molecular formula is C13H14Cl2N2O4. The summed E-state index contributed by atoms with van der Waals surface area (Å²) in [6.07, 6.45) is 0.740. The monoisotopic (exact) mass is 332 g/mol. The lowest BCUT2D eigenvalue weighted by molar-refractivity contribution is -0.123. The zero-order valence-electron chi connectivity index (χ0n) is 11.2. The van der Waals surface area contributed by atoms with E-state index in [0.29, 0.717) is 6.54 Å². The maximum atomic E-state index is 11.7. The summed E-state index contributed by atoms with van der Waals surface area (Å²) in [4.78, 5) is 34.3. The lowest BCUT2D eigenvalue weighted by Gasteiger charge is -2.08. The Hall–Kier alpha value is -1.79. The number of esters is 1. The summed E-state index contributed by atoms with van der Waals surface area (Å²) in [7, 11) is 0. The molecule has 2 N–H and O–H groups in total. The molecule has 0 fully saturated rings. The molecule has 3 amide bonds. The fraction of sp³-hybridized carbons (Fsp3) is 0.308. The van der Waals surface area contributed by atoms with Crippen molar-refractivity contribution >= 4 is 41.1 Å². The number of halogens is 2. The molecule has 0 saturated carbocycles. The molecule has 0 spiro atoms. The van der Waals surface area contributed by atoms with Gasteiger partial charge < -0.3 is 10.1 Å². The number of hydrogen-bond acceptors (Lipinski definition) is 4. The number of imide groups is 1. The highest BCUT2D eigenvalue weighted by atomic mass is 35.5. The molecule has 0 aliphatic carbocycles. The molecular weight excluding hydrogens is 319 g/mol. The van der Waals surface area contributed by atoms with Gasteiger partial charge in [0, 0.05) is 6.54 Å². The van der Waals surface area contributed by atoms with Crippen LogP contribution in [0, 0.1) is 0 Å². The molecule has 0 radical (unpaired) electrons. The maximum absolute atomic E-state index is 11.7. The number of benzene rings is 1. The first-order valence-electron chi connectivity index (χ1n) is 6.14. The zero-order valence-corrected chi connectivity index (χ0v) is 12.8. The number of rotatable bonds is 5. The Balaban J connectivity index is 2.48. The van der Waals surface area contributed by atoms with Crippen LogP contribution in [-0.2, 0) is 9.53 Å². The van der Waals surface area contributed by atoms with Crippen LogP contribution in [0.2, 0.25) is 10.0 Å². The van der Waals surface area contributed by atoms with Gasteiger partial charge in [0.1, 0.15) is 0 Å². The fourth-order valence-electron chi connectivity index (χ4n) is 1.32. The zero-order chi connectivity index (χ0) is 15.8. The van der Waals surface area contributed by atoms with Crippen LogP contribution >= 0.6 is 23.2 Å². The summed E-state index contributed by atoms with van der Waals surface area (Å²) in [5.74, 6) is -1.54. The van der Waals surface area contributed by atoms with Crippen molar-refractivity contribution in [2.75, 3.05) is 13.2 Å². The smallest absolute Gasteiger partial charge is 0.340 e. The van der Waals surface area contributed by atoms with Crippen LogP contribution < -0.4 is 10.6 Å². The Bertz CT molecular complexity index is 549. The molecule has 1 aromatic rings. The molecule has 21 heavy (non-hydrogen) atoms. The molecule has 0 saturated heterocycles. The van der Waals surface area contributed by atoms with Crippen LogP contribution in [-0.4, -0.2) is 31.1 Å². The lowest BCUT2D eigenvalue weighted by atomic mass is 10.2. The quantitative estimate of drug-likeness (QED) is 0.811. The van der Waals surface area contributed by atoms with Crippen molar-refractivity contribution in [3.05, 3.63) is 33.8 Å². The average Bonchev–Trinajstić information content (AvgIpc) is 2.45. The lowest BCUT2D eigenvalue weighted by Crippen LogP contribution is -2.41. The predicted octanol–water partition coefficient (Wildman–Crippen LogP) is 2.39. The number of carbonyl (C=O) groups excluding carboxylic acids is 3. The van der Waals surface area contributed by atoms with Crippen LogP contribution in [0.3, 0.4) is 0 Å². The molecule has 0 aliphatic heterocycles. The summed E-state index contributed by atoms with van der Waals surface area (Å²) in [6, 6.07) is 3.83. The van der Waals surface area contributed by atoms with Crippen molar-refractivity contribution < 1.29 is 19.1 Å². The third-order valence-corrected chi connectivity index (χ3v) is 3.11. The minimum absolute atomic E-state index is 0.0465. The van der Waals surface area contributed by atoms with Crippen molar-refractivity contribution in [2.45, 2.75) is 13.3 Å². The van der Waals surface area contributed by atoms with Crippen molar-refractivity contribution in [3.63, 3.8) is 0 Å². The molecule has 0 unspecified atom stereocenters. The third kappa shape index (κ3) is 5.61. The van der Waals surface area contributed by atoms with Crippen LogP contribution in [0.15, 0.2) is 18.2 Å². The normalized spacial score (nSPS) is 9.86. The Morgan fingerprint density at radius 2 is 1.95 bits per heavy atom. The number of ether oxygens (including phenoxy) is 1. The van der Waals surface area contributed by atoms with Gasteiger partial charge >= 0.3 is 12.0 Å². The van der Waals surface area contributed by atoms with E-state index in [9.17, 15) is 14.4 Å². The number of hydrogen-bond donors (Lipinski definition) is 2. The second kappa shape index (κ2) is 8.49. The largest absolute Gasteiger partial charge is 0.452 e. The summed E-state index contributed by atoms with van der Waals surface area (Å²) in [5.41, 5.74) is 0.0485. The standard InChI is InChI=1S/C13H14Cl2N2O4/c1-2-6-16-13(20)17-10(18)7-21-12(19)8-4-3-5-9(14)11(8)15/h3-5H,2,6-7H2,1H3,(H2,16,17,18,20). The van der Waals surface area contributed by atoms with Gasteiger partial charge in [-0.2, -0.15) is 0 Å². The summed E-state index contributed by atoms with van der Waals surface area (Å²) < 4.78 is 4.76. The van der Waals surface area contributed by atoms with Crippen molar-refractivity contribution in [1.29, 1.82) is 0 Å². The second-order valence-corrected chi connectivity index (χ2v) is 4.77. The number of urea groups is 1. The summed E-state index contributed by atoms with van der Waals surface area (Å²) >= 11 is 11.6. The van der Waals surface area contributed by atoms with Gasteiger partial charge in [0.05, 0.1) is 15.6 Å². The fourth-order valence-corrected chi connectivity index (χ4v) is 1.69. The van der Waals surface area contributed by atoms with E-state index in [-0.39, 0.29) is 15.6 Å². The predicted molar refractivity (Wildman–Crippen MR) is 78.6 cm³/mol. The summed E-state index contributed by atoms with van der Waals surface area (Å²) in [6.45, 7) is 1.72. The Kier molecular flexibility index (Phi) is 6.98. The molecule has 6 nitrogen and oxygen atoms in total.